The summed E-state index contributed by atoms with van der Waals surface area (Å²) in [6.45, 7) is 6.06. The van der Waals surface area contributed by atoms with E-state index in [1.165, 1.54) is 0 Å². The maximum absolute atomic E-state index is 11.9. The SMILES string of the molecule is COc1cc(NC(=O)OC(C)(C)C)c([C@H]2CO2)cc1OC. The minimum atomic E-state index is -0.559. The van der Waals surface area contributed by atoms with E-state index in [4.69, 9.17) is 18.9 Å². The first-order valence-electron chi connectivity index (χ1n) is 6.71. The van der Waals surface area contributed by atoms with Crippen molar-refractivity contribution in [1.29, 1.82) is 0 Å². The van der Waals surface area contributed by atoms with E-state index in [0.29, 0.717) is 23.8 Å². The van der Waals surface area contributed by atoms with Gasteiger partial charge in [-0.1, -0.05) is 0 Å². The quantitative estimate of drug-likeness (QED) is 0.864. The van der Waals surface area contributed by atoms with Crippen molar-refractivity contribution in [3.8, 4) is 11.5 Å². The van der Waals surface area contributed by atoms with Crippen molar-refractivity contribution >= 4 is 11.8 Å². The standard InChI is InChI=1S/C15H21NO5/c1-15(2,3)21-14(17)16-10-7-12(19-5)11(18-4)6-9(10)13-8-20-13/h6-7,13H,8H2,1-5H3,(H,16,17)/t13-/m1/s1. The first kappa shape index (κ1) is 15.4. The Labute approximate surface area is 124 Å². The number of epoxide rings is 1. The van der Waals surface area contributed by atoms with Gasteiger partial charge in [-0.3, -0.25) is 5.32 Å². The van der Waals surface area contributed by atoms with Gasteiger partial charge in [-0.2, -0.15) is 0 Å². The first-order chi connectivity index (χ1) is 9.84. The van der Waals surface area contributed by atoms with Gasteiger partial charge in [0.2, 0.25) is 0 Å². The molecule has 0 radical (unpaired) electrons. The number of methoxy groups -OCH3 is 2. The second-order valence-electron chi connectivity index (χ2n) is 5.74. The van der Waals surface area contributed by atoms with Crippen LogP contribution in [0.3, 0.4) is 0 Å². The lowest BCUT2D eigenvalue weighted by molar-refractivity contribution is 0.0635. The van der Waals surface area contributed by atoms with Crippen molar-refractivity contribution in [2.45, 2.75) is 32.5 Å². The number of carbonyl (C=O) groups is 1. The molecule has 0 saturated carbocycles. The minimum Gasteiger partial charge on any atom is -0.493 e. The van der Waals surface area contributed by atoms with Crippen LogP contribution in [0.15, 0.2) is 12.1 Å². The summed E-state index contributed by atoms with van der Waals surface area (Å²) in [6, 6.07) is 3.52. The summed E-state index contributed by atoms with van der Waals surface area (Å²) in [6.07, 6.45) is -0.550. The molecule has 6 heteroatoms. The van der Waals surface area contributed by atoms with E-state index in [2.05, 4.69) is 5.32 Å². The third-order valence-corrected chi connectivity index (χ3v) is 2.87. The highest BCUT2D eigenvalue weighted by Gasteiger charge is 2.30. The van der Waals surface area contributed by atoms with Gasteiger partial charge in [0.25, 0.3) is 0 Å². The highest BCUT2D eigenvalue weighted by molar-refractivity contribution is 5.87. The summed E-state index contributed by atoms with van der Waals surface area (Å²) < 4.78 is 21.1. The van der Waals surface area contributed by atoms with Gasteiger partial charge < -0.3 is 18.9 Å². The molecule has 6 nitrogen and oxygen atoms in total. The molecule has 0 aliphatic carbocycles. The summed E-state index contributed by atoms with van der Waals surface area (Å²) in [5, 5.41) is 2.74. The number of carbonyl (C=O) groups excluding carboxylic acids is 1. The molecule has 1 fully saturated rings. The lowest BCUT2D eigenvalue weighted by Gasteiger charge is -2.21. The lowest BCUT2D eigenvalue weighted by Crippen LogP contribution is -2.27. The number of benzene rings is 1. The zero-order valence-electron chi connectivity index (χ0n) is 13.0. The fourth-order valence-electron chi connectivity index (χ4n) is 1.91. The van der Waals surface area contributed by atoms with Gasteiger partial charge in [0.1, 0.15) is 11.7 Å². The lowest BCUT2D eigenvalue weighted by atomic mass is 10.1. The molecule has 1 amide bonds. The normalized spacial score (nSPS) is 17.1. The van der Waals surface area contributed by atoms with Crippen LogP contribution in [0.2, 0.25) is 0 Å². The van der Waals surface area contributed by atoms with Crippen LogP contribution in [-0.4, -0.2) is 32.5 Å². The monoisotopic (exact) mass is 295 g/mol. The first-order valence-corrected chi connectivity index (χ1v) is 6.71. The van der Waals surface area contributed by atoms with Crippen LogP contribution in [0.1, 0.15) is 32.4 Å². The smallest absolute Gasteiger partial charge is 0.412 e. The van der Waals surface area contributed by atoms with Crippen molar-refractivity contribution in [3.63, 3.8) is 0 Å². The van der Waals surface area contributed by atoms with Gasteiger partial charge in [-0.25, -0.2) is 4.79 Å². The predicted octanol–water partition coefficient (Wildman–Crippen LogP) is 3.12. The molecular weight excluding hydrogens is 274 g/mol. The molecule has 1 aromatic carbocycles. The van der Waals surface area contributed by atoms with E-state index in [9.17, 15) is 4.79 Å². The average molecular weight is 295 g/mol. The molecule has 2 rings (SSSR count). The van der Waals surface area contributed by atoms with Crippen molar-refractivity contribution in [2.24, 2.45) is 0 Å². The van der Waals surface area contributed by atoms with Crippen LogP contribution >= 0.6 is 0 Å². The molecule has 1 heterocycles. The summed E-state index contributed by atoms with van der Waals surface area (Å²) in [5.41, 5.74) is 0.888. The molecular formula is C15H21NO5. The van der Waals surface area contributed by atoms with E-state index in [1.54, 1.807) is 20.3 Å². The molecule has 116 valence electrons. The Kier molecular flexibility index (Phi) is 4.27. The Morgan fingerprint density at radius 3 is 2.29 bits per heavy atom. The van der Waals surface area contributed by atoms with Crippen molar-refractivity contribution < 1.29 is 23.7 Å². The van der Waals surface area contributed by atoms with Gasteiger partial charge in [0, 0.05) is 11.6 Å². The summed E-state index contributed by atoms with van der Waals surface area (Å²) in [4.78, 5) is 11.9. The molecule has 21 heavy (non-hydrogen) atoms. The summed E-state index contributed by atoms with van der Waals surface area (Å²) in [7, 11) is 3.11. The Hall–Kier alpha value is -1.95. The van der Waals surface area contributed by atoms with E-state index in [1.807, 2.05) is 26.8 Å². The van der Waals surface area contributed by atoms with Gasteiger partial charge in [0.15, 0.2) is 11.5 Å². The predicted molar refractivity (Wildman–Crippen MR) is 78.1 cm³/mol. The zero-order chi connectivity index (χ0) is 15.6. The fourth-order valence-corrected chi connectivity index (χ4v) is 1.91. The highest BCUT2D eigenvalue weighted by atomic mass is 16.6. The van der Waals surface area contributed by atoms with Gasteiger partial charge in [-0.15, -0.1) is 0 Å². The second-order valence-corrected chi connectivity index (χ2v) is 5.74. The Morgan fingerprint density at radius 1 is 1.24 bits per heavy atom. The molecule has 1 aliphatic heterocycles. The average Bonchev–Trinajstić information content (AvgIpc) is 3.20. The summed E-state index contributed by atoms with van der Waals surface area (Å²) >= 11 is 0. The molecule has 0 aromatic heterocycles. The zero-order valence-corrected chi connectivity index (χ0v) is 13.0. The number of hydrogen-bond donors (Lipinski definition) is 1. The maximum Gasteiger partial charge on any atom is 0.412 e. The van der Waals surface area contributed by atoms with E-state index in [0.717, 1.165) is 5.56 Å². The minimum absolute atomic E-state index is 0.0326. The van der Waals surface area contributed by atoms with E-state index in [-0.39, 0.29) is 6.10 Å². The van der Waals surface area contributed by atoms with Crippen LogP contribution in [-0.2, 0) is 9.47 Å². The fraction of sp³-hybridized carbons (Fsp3) is 0.533. The molecule has 1 saturated heterocycles. The van der Waals surface area contributed by atoms with Crippen LogP contribution in [0.25, 0.3) is 0 Å². The van der Waals surface area contributed by atoms with Gasteiger partial charge in [-0.05, 0) is 26.8 Å². The third-order valence-electron chi connectivity index (χ3n) is 2.87. The third kappa shape index (κ3) is 4.01. The second kappa shape index (κ2) is 5.81. The Bertz CT molecular complexity index is 532. The summed E-state index contributed by atoms with van der Waals surface area (Å²) in [5.74, 6) is 1.13. The highest BCUT2D eigenvalue weighted by Crippen LogP contribution is 2.41. The van der Waals surface area contributed by atoms with Crippen molar-refractivity contribution in [3.05, 3.63) is 17.7 Å². The van der Waals surface area contributed by atoms with Crippen LogP contribution < -0.4 is 14.8 Å². The molecule has 1 aromatic rings. The molecule has 0 spiro atoms. The molecule has 1 atom stereocenters. The van der Waals surface area contributed by atoms with Crippen LogP contribution in [0.5, 0.6) is 11.5 Å². The number of nitrogens with one attached hydrogen (secondary N) is 1. The van der Waals surface area contributed by atoms with Crippen molar-refractivity contribution in [1.82, 2.24) is 0 Å². The maximum atomic E-state index is 11.9. The number of hydrogen-bond acceptors (Lipinski definition) is 5. The van der Waals surface area contributed by atoms with Crippen molar-refractivity contribution in [2.75, 3.05) is 26.1 Å². The van der Waals surface area contributed by atoms with Gasteiger partial charge in [0.05, 0.1) is 26.5 Å². The van der Waals surface area contributed by atoms with Gasteiger partial charge >= 0.3 is 6.09 Å². The number of anilines is 1. The molecule has 1 aliphatic rings. The number of amides is 1. The largest absolute Gasteiger partial charge is 0.493 e. The van der Waals surface area contributed by atoms with E-state index >= 15 is 0 Å². The van der Waals surface area contributed by atoms with E-state index < -0.39 is 11.7 Å². The Balaban J connectivity index is 2.26. The number of rotatable bonds is 4. The molecule has 0 bridgehead atoms. The number of ether oxygens (including phenoxy) is 4. The molecule has 0 unspecified atom stereocenters. The van der Waals surface area contributed by atoms with Crippen LogP contribution in [0.4, 0.5) is 10.5 Å². The Morgan fingerprint density at radius 2 is 1.81 bits per heavy atom. The van der Waals surface area contributed by atoms with Crippen LogP contribution in [0, 0.1) is 0 Å². The topological polar surface area (TPSA) is 69.3 Å². The molecule has 1 N–H and O–H groups in total.